The molecule has 2 rings (SSSR count). The molecular weight excluding hydrogens is 361 g/mol. The van der Waals surface area contributed by atoms with Gasteiger partial charge in [-0.25, -0.2) is 4.39 Å². The zero-order chi connectivity index (χ0) is 15.4. The van der Waals surface area contributed by atoms with Crippen molar-refractivity contribution in [3.63, 3.8) is 0 Å². The number of methoxy groups -OCH3 is 2. The van der Waals surface area contributed by atoms with E-state index in [0.29, 0.717) is 27.5 Å². The van der Waals surface area contributed by atoms with Gasteiger partial charge in [-0.1, -0.05) is 27.5 Å². The van der Waals surface area contributed by atoms with Crippen molar-refractivity contribution in [2.45, 2.75) is 6.54 Å². The molecule has 0 bridgehead atoms. The molecule has 2 aromatic rings. The number of halogens is 3. The van der Waals surface area contributed by atoms with Crippen LogP contribution in [0, 0.1) is 5.82 Å². The van der Waals surface area contributed by atoms with Crippen LogP contribution in [0.4, 0.5) is 10.1 Å². The van der Waals surface area contributed by atoms with Gasteiger partial charge >= 0.3 is 0 Å². The van der Waals surface area contributed by atoms with Crippen molar-refractivity contribution in [2.75, 3.05) is 19.5 Å². The van der Waals surface area contributed by atoms with Crippen molar-refractivity contribution >= 4 is 33.2 Å². The molecule has 0 spiro atoms. The lowest BCUT2D eigenvalue weighted by Gasteiger charge is -2.14. The molecule has 0 unspecified atom stereocenters. The maximum Gasteiger partial charge on any atom is 0.143 e. The number of hydrogen-bond acceptors (Lipinski definition) is 3. The van der Waals surface area contributed by atoms with Gasteiger partial charge < -0.3 is 14.8 Å². The van der Waals surface area contributed by atoms with Crippen LogP contribution in [0.5, 0.6) is 11.5 Å². The van der Waals surface area contributed by atoms with Gasteiger partial charge in [0.2, 0.25) is 0 Å². The molecule has 0 aromatic heterocycles. The summed E-state index contributed by atoms with van der Waals surface area (Å²) < 4.78 is 24.5. The van der Waals surface area contributed by atoms with Crippen molar-refractivity contribution in [3.8, 4) is 11.5 Å². The minimum Gasteiger partial charge on any atom is -0.495 e. The van der Waals surface area contributed by atoms with Gasteiger partial charge in [0.05, 0.1) is 24.9 Å². The Balaban J connectivity index is 2.22. The van der Waals surface area contributed by atoms with E-state index in [1.807, 2.05) is 6.07 Å². The number of anilines is 1. The Kier molecular flexibility index (Phi) is 5.31. The average molecular weight is 375 g/mol. The molecule has 0 atom stereocenters. The smallest absolute Gasteiger partial charge is 0.143 e. The average Bonchev–Trinajstić information content (AvgIpc) is 2.44. The number of benzene rings is 2. The fraction of sp³-hybridized carbons (Fsp3) is 0.200. The van der Waals surface area contributed by atoms with Crippen molar-refractivity contribution in [1.29, 1.82) is 0 Å². The van der Waals surface area contributed by atoms with E-state index >= 15 is 0 Å². The second-order valence-electron chi connectivity index (χ2n) is 4.32. The summed E-state index contributed by atoms with van der Waals surface area (Å²) in [7, 11) is 3.10. The van der Waals surface area contributed by atoms with E-state index in [1.54, 1.807) is 26.4 Å². The monoisotopic (exact) mass is 373 g/mol. The number of ether oxygens (including phenoxy) is 2. The summed E-state index contributed by atoms with van der Waals surface area (Å²) in [6.07, 6.45) is 0. The van der Waals surface area contributed by atoms with Crippen molar-refractivity contribution in [2.24, 2.45) is 0 Å². The largest absolute Gasteiger partial charge is 0.495 e. The van der Waals surface area contributed by atoms with Gasteiger partial charge in [-0.15, -0.1) is 0 Å². The molecule has 0 aliphatic carbocycles. The molecule has 0 saturated carbocycles. The molecule has 6 heteroatoms. The zero-order valence-corrected chi connectivity index (χ0v) is 13.9. The Hall–Kier alpha value is -1.46. The second-order valence-corrected chi connectivity index (χ2v) is 5.64. The molecule has 0 amide bonds. The lowest BCUT2D eigenvalue weighted by molar-refractivity contribution is 0.404. The molecule has 0 aliphatic heterocycles. The maximum atomic E-state index is 13.4. The van der Waals surface area contributed by atoms with Crippen molar-refractivity contribution in [3.05, 3.63) is 51.2 Å². The molecule has 0 heterocycles. The second kappa shape index (κ2) is 7.00. The first-order valence-corrected chi connectivity index (χ1v) is 7.31. The first-order chi connectivity index (χ1) is 10.0. The minimum atomic E-state index is -0.290. The van der Waals surface area contributed by atoms with Crippen LogP contribution < -0.4 is 14.8 Å². The summed E-state index contributed by atoms with van der Waals surface area (Å²) in [6, 6.07) is 8.14. The van der Waals surface area contributed by atoms with E-state index in [1.165, 1.54) is 12.1 Å². The van der Waals surface area contributed by atoms with Crippen LogP contribution in [0.15, 0.2) is 34.8 Å². The van der Waals surface area contributed by atoms with Gasteiger partial charge in [0, 0.05) is 23.2 Å². The molecule has 2 aromatic carbocycles. The third kappa shape index (κ3) is 4.02. The highest BCUT2D eigenvalue weighted by Gasteiger charge is 2.10. The molecule has 0 aliphatic rings. The van der Waals surface area contributed by atoms with E-state index in [0.717, 1.165) is 11.3 Å². The van der Waals surface area contributed by atoms with Gasteiger partial charge in [0.1, 0.15) is 17.3 Å². The lowest BCUT2D eigenvalue weighted by Crippen LogP contribution is -2.02. The summed E-state index contributed by atoms with van der Waals surface area (Å²) in [6.45, 7) is 0.442. The third-order valence-corrected chi connectivity index (χ3v) is 3.63. The summed E-state index contributed by atoms with van der Waals surface area (Å²) in [4.78, 5) is 0. The summed E-state index contributed by atoms with van der Waals surface area (Å²) in [5.74, 6) is 0.846. The number of nitrogens with one attached hydrogen (secondary N) is 1. The fourth-order valence-electron chi connectivity index (χ4n) is 1.91. The van der Waals surface area contributed by atoms with Gasteiger partial charge in [0.25, 0.3) is 0 Å². The van der Waals surface area contributed by atoms with Crippen molar-refractivity contribution < 1.29 is 13.9 Å². The van der Waals surface area contributed by atoms with Crippen LogP contribution in [0.2, 0.25) is 5.02 Å². The summed E-state index contributed by atoms with van der Waals surface area (Å²) in [5, 5.41) is 3.65. The Morgan fingerprint density at radius 1 is 1.10 bits per heavy atom. The fourth-order valence-corrected chi connectivity index (χ4v) is 2.65. The molecule has 21 heavy (non-hydrogen) atoms. The van der Waals surface area contributed by atoms with Gasteiger partial charge in [-0.05, 0) is 23.8 Å². The van der Waals surface area contributed by atoms with E-state index in [4.69, 9.17) is 21.1 Å². The predicted molar refractivity (Wildman–Crippen MR) is 86.0 cm³/mol. The van der Waals surface area contributed by atoms with Gasteiger partial charge in [0.15, 0.2) is 0 Å². The highest BCUT2D eigenvalue weighted by molar-refractivity contribution is 9.10. The molecule has 112 valence electrons. The Labute approximate surface area is 136 Å². The zero-order valence-electron chi connectivity index (χ0n) is 11.5. The predicted octanol–water partition coefficient (Wildman–Crippen LogP) is 4.87. The standard InChI is InChI=1S/C15H14BrClFNO2/c1-20-14-7-13(15(21-2)6-12(14)17)19-8-9-3-10(16)5-11(18)4-9/h3-7,19H,8H2,1-2H3. The van der Waals surface area contributed by atoms with E-state index < -0.39 is 0 Å². The van der Waals surface area contributed by atoms with Crippen molar-refractivity contribution in [1.82, 2.24) is 0 Å². The summed E-state index contributed by atoms with van der Waals surface area (Å²) in [5.41, 5.74) is 1.52. The highest BCUT2D eigenvalue weighted by atomic mass is 79.9. The van der Waals surface area contributed by atoms with E-state index in [9.17, 15) is 4.39 Å². The van der Waals surface area contributed by atoms with Crippen LogP contribution >= 0.6 is 27.5 Å². The molecular formula is C15H14BrClFNO2. The molecule has 0 saturated heterocycles. The number of hydrogen-bond donors (Lipinski definition) is 1. The van der Waals surface area contributed by atoms with Gasteiger partial charge in [-0.3, -0.25) is 0 Å². The number of rotatable bonds is 5. The normalized spacial score (nSPS) is 10.3. The minimum absolute atomic E-state index is 0.290. The van der Waals surface area contributed by atoms with Crippen LogP contribution in [-0.2, 0) is 6.54 Å². The molecule has 1 N–H and O–H groups in total. The van der Waals surface area contributed by atoms with Crippen LogP contribution in [-0.4, -0.2) is 14.2 Å². The first kappa shape index (κ1) is 15.9. The quantitative estimate of drug-likeness (QED) is 0.810. The Morgan fingerprint density at radius 3 is 2.43 bits per heavy atom. The summed E-state index contributed by atoms with van der Waals surface area (Å²) >= 11 is 9.32. The van der Waals surface area contributed by atoms with Crippen LogP contribution in [0.3, 0.4) is 0 Å². The SMILES string of the molecule is COc1cc(NCc2cc(F)cc(Br)c2)c(OC)cc1Cl. The highest BCUT2D eigenvalue weighted by Crippen LogP contribution is 2.36. The lowest BCUT2D eigenvalue weighted by atomic mass is 10.2. The van der Waals surface area contributed by atoms with Crippen LogP contribution in [0.25, 0.3) is 0 Å². The Morgan fingerprint density at radius 2 is 1.81 bits per heavy atom. The molecule has 3 nitrogen and oxygen atoms in total. The van der Waals surface area contributed by atoms with E-state index in [2.05, 4.69) is 21.2 Å². The third-order valence-electron chi connectivity index (χ3n) is 2.88. The Bertz CT molecular complexity index is 632. The maximum absolute atomic E-state index is 13.4. The topological polar surface area (TPSA) is 30.5 Å². The van der Waals surface area contributed by atoms with Gasteiger partial charge in [-0.2, -0.15) is 0 Å². The molecule has 0 fully saturated rings. The van der Waals surface area contributed by atoms with E-state index in [-0.39, 0.29) is 5.82 Å². The molecule has 0 radical (unpaired) electrons. The first-order valence-electron chi connectivity index (χ1n) is 6.14. The van der Waals surface area contributed by atoms with Crippen LogP contribution in [0.1, 0.15) is 5.56 Å².